The molecule has 0 aliphatic carbocycles. The van der Waals surface area contributed by atoms with E-state index in [9.17, 15) is 0 Å². The molecule has 4 nitrogen and oxygen atoms in total. The minimum atomic E-state index is 0.725. The SMILES string of the molecule is COc1cc(NCc2cn(C)nc2C)c(Br)cc1Br. The summed E-state index contributed by atoms with van der Waals surface area (Å²) in [5.74, 6) is 0.800. The highest BCUT2D eigenvalue weighted by atomic mass is 79.9. The molecular weight excluding hydrogens is 374 g/mol. The molecule has 0 bridgehead atoms. The van der Waals surface area contributed by atoms with Crippen LogP contribution in [-0.4, -0.2) is 16.9 Å². The average Bonchev–Trinajstić information content (AvgIpc) is 2.67. The summed E-state index contributed by atoms with van der Waals surface area (Å²) < 4.78 is 9.03. The van der Waals surface area contributed by atoms with Crippen LogP contribution in [0.5, 0.6) is 5.75 Å². The topological polar surface area (TPSA) is 39.1 Å². The van der Waals surface area contributed by atoms with Gasteiger partial charge in [0.25, 0.3) is 0 Å². The molecule has 0 amide bonds. The van der Waals surface area contributed by atoms with Gasteiger partial charge in [0.2, 0.25) is 0 Å². The number of aryl methyl sites for hydroxylation is 2. The number of rotatable bonds is 4. The van der Waals surface area contributed by atoms with Crippen LogP contribution in [-0.2, 0) is 13.6 Å². The lowest BCUT2D eigenvalue weighted by atomic mass is 10.2. The fourth-order valence-corrected chi connectivity index (χ4v) is 3.13. The zero-order valence-electron chi connectivity index (χ0n) is 11.0. The summed E-state index contributed by atoms with van der Waals surface area (Å²) in [5.41, 5.74) is 3.20. The van der Waals surface area contributed by atoms with E-state index in [0.29, 0.717) is 0 Å². The van der Waals surface area contributed by atoms with E-state index in [2.05, 4.69) is 42.3 Å². The molecule has 0 saturated carbocycles. The molecule has 0 unspecified atom stereocenters. The third-order valence-electron chi connectivity index (χ3n) is 2.83. The van der Waals surface area contributed by atoms with Crippen molar-refractivity contribution < 1.29 is 4.74 Å². The van der Waals surface area contributed by atoms with Gasteiger partial charge in [-0.25, -0.2) is 0 Å². The Kier molecular flexibility index (Phi) is 4.52. The van der Waals surface area contributed by atoms with Crippen LogP contribution in [0.15, 0.2) is 27.3 Å². The Morgan fingerprint density at radius 1 is 1.32 bits per heavy atom. The van der Waals surface area contributed by atoms with Crippen LogP contribution in [0.2, 0.25) is 0 Å². The molecule has 2 rings (SSSR count). The number of nitrogens with one attached hydrogen (secondary N) is 1. The van der Waals surface area contributed by atoms with Gasteiger partial charge in [0.15, 0.2) is 0 Å². The van der Waals surface area contributed by atoms with Crippen molar-refractivity contribution in [1.82, 2.24) is 9.78 Å². The van der Waals surface area contributed by atoms with E-state index < -0.39 is 0 Å². The summed E-state index contributed by atoms with van der Waals surface area (Å²) in [6, 6.07) is 3.93. The summed E-state index contributed by atoms with van der Waals surface area (Å²) in [7, 11) is 3.58. The molecule has 0 radical (unpaired) electrons. The van der Waals surface area contributed by atoms with Gasteiger partial charge in [-0.1, -0.05) is 0 Å². The van der Waals surface area contributed by atoms with Crippen LogP contribution >= 0.6 is 31.9 Å². The van der Waals surface area contributed by atoms with Crippen molar-refractivity contribution in [3.63, 3.8) is 0 Å². The number of anilines is 1. The summed E-state index contributed by atoms with van der Waals surface area (Å²) in [4.78, 5) is 0. The molecule has 0 fully saturated rings. The molecule has 0 aliphatic heterocycles. The minimum absolute atomic E-state index is 0.725. The van der Waals surface area contributed by atoms with Crippen molar-refractivity contribution in [3.05, 3.63) is 38.5 Å². The molecule has 6 heteroatoms. The van der Waals surface area contributed by atoms with Crippen LogP contribution in [0.4, 0.5) is 5.69 Å². The van der Waals surface area contributed by atoms with Crippen molar-refractivity contribution in [2.45, 2.75) is 13.5 Å². The number of nitrogens with zero attached hydrogens (tertiary/aromatic N) is 2. The first-order chi connectivity index (χ1) is 9.01. The van der Waals surface area contributed by atoms with Gasteiger partial charge in [0.05, 0.1) is 23.0 Å². The van der Waals surface area contributed by atoms with Gasteiger partial charge in [0.1, 0.15) is 5.75 Å². The van der Waals surface area contributed by atoms with Gasteiger partial charge >= 0.3 is 0 Å². The van der Waals surface area contributed by atoms with E-state index in [1.807, 2.05) is 37.0 Å². The molecule has 0 saturated heterocycles. The Hall–Kier alpha value is -1.01. The maximum absolute atomic E-state index is 5.30. The molecule has 1 aromatic carbocycles. The van der Waals surface area contributed by atoms with Gasteiger partial charge < -0.3 is 10.1 Å². The molecule has 1 aromatic heterocycles. The van der Waals surface area contributed by atoms with Crippen molar-refractivity contribution in [2.24, 2.45) is 7.05 Å². The lowest BCUT2D eigenvalue weighted by Crippen LogP contribution is -2.01. The zero-order valence-corrected chi connectivity index (χ0v) is 14.2. The van der Waals surface area contributed by atoms with Crippen LogP contribution in [0, 0.1) is 6.92 Å². The Morgan fingerprint density at radius 2 is 2.05 bits per heavy atom. The second-order valence-electron chi connectivity index (χ2n) is 4.23. The molecule has 19 heavy (non-hydrogen) atoms. The number of methoxy groups -OCH3 is 1. The number of hydrogen-bond donors (Lipinski definition) is 1. The largest absolute Gasteiger partial charge is 0.495 e. The van der Waals surface area contributed by atoms with Gasteiger partial charge in [-0.2, -0.15) is 5.10 Å². The quantitative estimate of drug-likeness (QED) is 0.863. The molecular formula is C13H15Br2N3O. The predicted octanol–water partition coefficient (Wildman–Crippen LogP) is 3.87. The van der Waals surface area contributed by atoms with Gasteiger partial charge in [-0.05, 0) is 44.8 Å². The molecule has 2 aromatic rings. The maximum atomic E-state index is 5.30. The second-order valence-corrected chi connectivity index (χ2v) is 5.94. The lowest BCUT2D eigenvalue weighted by molar-refractivity contribution is 0.412. The van der Waals surface area contributed by atoms with E-state index >= 15 is 0 Å². The van der Waals surface area contributed by atoms with Gasteiger partial charge in [-0.3, -0.25) is 4.68 Å². The Bertz CT molecular complexity index is 596. The molecule has 0 atom stereocenters. The van der Waals surface area contributed by atoms with E-state index in [4.69, 9.17) is 4.74 Å². The second kappa shape index (κ2) is 5.96. The van der Waals surface area contributed by atoms with Crippen molar-refractivity contribution in [2.75, 3.05) is 12.4 Å². The fourth-order valence-electron chi connectivity index (χ4n) is 1.83. The molecule has 1 N–H and O–H groups in total. The van der Waals surface area contributed by atoms with Crippen molar-refractivity contribution in [3.8, 4) is 5.75 Å². The molecule has 0 spiro atoms. The van der Waals surface area contributed by atoms with Crippen LogP contribution in [0.3, 0.4) is 0 Å². The summed E-state index contributed by atoms with van der Waals surface area (Å²) in [5, 5.41) is 7.71. The first kappa shape index (κ1) is 14.4. The monoisotopic (exact) mass is 387 g/mol. The summed E-state index contributed by atoms with van der Waals surface area (Å²) in [6.45, 7) is 2.73. The first-order valence-electron chi connectivity index (χ1n) is 5.77. The smallest absolute Gasteiger partial charge is 0.135 e. The summed E-state index contributed by atoms with van der Waals surface area (Å²) >= 11 is 7.00. The maximum Gasteiger partial charge on any atom is 0.135 e. The Labute approximate surface area is 129 Å². The van der Waals surface area contributed by atoms with Crippen LogP contribution < -0.4 is 10.1 Å². The number of benzene rings is 1. The fraction of sp³-hybridized carbons (Fsp3) is 0.308. The normalized spacial score (nSPS) is 10.6. The van der Waals surface area contributed by atoms with Crippen LogP contribution in [0.1, 0.15) is 11.3 Å². The highest BCUT2D eigenvalue weighted by Gasteiger charge is 2.08. The molecule has 102 valence electrons. The van der Waals surface area contributed by atoms with E-state index in [1.54, 1.807) is 7.11 Å². The minimum Gasteiger partial charge on any atom is -0.495 e. The van der Waals surface area contributed by atoms with Gasteiger partial charge in [-0.15, -0.1) is 0 Å². The zero-order chi connectivity index (χ0) is 14.0. The predicted molar refractivity (Wildman–Crippen MR) is 83.7 cm³/mol. The van der Waals surface area contributed by atoms with Crippen LogP contribution in [0.25, 0.3) is 0 Å². The van der Waals surface area contributed by atoms with Crippen molar-refractivity contribution in [1.29, 1.82) is 0 Å². The number of ether oxygens (including phenoxy) is 1. The highest BCUT2D eigenvalue weighted by molar-refractivity contribution is 9.11. The van der Waals surface area contributed by atoms with E-state index in [0.717, 1.165) is 32.6 Å². The van der Waals surface area contributed by atoms with E-state index in [1.165, 1.54) is 5.56 Å². The third kappa shape index (κ3) is 3.30. The first-order valence-corrected chi connectivity index (χ1v) is 7.36. The third-order valence-corrected chi connectivity index (χ3v) is 4.10. The van der Waals surface area contributed by atoms with Gasteiger partial charge in [0, 0.05) is 35.9 Å². The standard InChI is InChI=1S/C13H15Br2N3O/c1-8-9(7-18(2)17-8)6-16-12-5-13(19-3)11(15)4-10(12)14/h4-5,7,16H,6H2,1-3H3. The summed E-state index contributed by atoms with van der Waals surface area (Å²) in [6.07, 6.45) is 2.02. The molecule has 0 aliphatic rings. The highest BCUT2D eigenvalue weighted by Crippen LogP contribution is 2.34. The Balaban J connectivity index is 2.17. The molecule has 1 heterocycles. The number of hydrogen-bond acceptors (Lipinski definition) is 3. The average molecular weight is 389 g/mol. The van der Waals surface area contributed by atoms with E-state index in [-0.39, 0.29) is 0 Å². The number of aromatic nitrogens is 2. The van der Waals surface area contributed by atoms with Crippen molar-refractivity contribution >= 4 is 37.5 Å². The number of halogens is 2. The Morgan fingerprint density at radius 3 is 2.63 bits per heavy atom. The lowest BCUT2D eigenvalue weighted by Gasteiger charge is -2.11.